The summed E-state index contributed by atoms with van der Waals surface area (Å²) in [7, 11) is 1.43. The first-order valence-corrected chi connectivity index (χ1v) is 11.1. The number of halogens is 6. The van der Waals surface area contributed by atoms with Crippen molar-refractivity contribution < 1.29 is 31.4 Å². The van der Waals surface area contributed by atoms with Gasteiger partial charge in [0.05, 0.1) is 29.7 Å². The fourth-order valence-corrected chi connectivity index (χ4v) is 3.98. The minimum Gasteiger partial charge on any atom is -0.467 e. The number of nitrogens with one attached hydrogen (secondary N) is 1. The number of aromatic nitrogens is 4. The zero-order valence-corrected chi connectivity index (χ0v) is 20.4. The number of hydrogen-bond acceptors (Lipinski definition) is 6. The Morgan fingerprint density at radius 3 is 2.29 bits per heavy atom. The number of benzene rings is 1. The molecule has 3 aromatic rings. The first kappa shape index (κ1) is 26.1. The third-order valence-electron chi connectivity index (χ3n) is 5.10. The standard InChI is InChI=1S/C21H23BrF5N5O2/c1-5-6-9-32-16-12(17(21(25,26)27)34-18(23)24)7-8-13(22)15(16)31-19(32)30-14-10(2)28-20(33-4)29-11(14)3/h7-8,17-18H,5-6,9H2,1-4H3,(H,30,31). The van der Waals surface area contributed by atoms with E-state index >= 15 is 0 Å². The summed E-state index contributed by atoms with van der Waals surface area (Å²) in [4.78, 5) is 13.0. The number of anilines is 2. The van der Waals surface area contributed by atoms with Gasteiger partial charge in [0.1, 0.15) is 5.52 Å². The summed E-state index contributed by atoms with van der Waals surface area (Å²) in [5, 5.41) is 3.11. The molecule has 0 spiro atoms. The number of alkyl halides is 5. The summed E-state index contributed by atoms with van der Waals surface area (Å²) in [5.74, 6) is 0.217. The Labute approximate surface area is 200 Å². The zero-order valence-electron chi connectivity index (χ0n) is 18.8. The normalized spacial score (nSPS) is 13.0. The molecule has 1 aromatic carbocycles. The number of hydrogen-bond donors (Lipinski definition) is 1. The van der Waals surface area contributed by atoms with E-state index in [-0.39, 0.29) is 29.5 Å². The highest BCUT2D eigenvalue weighted by Crippen LogP contribution is 2.42. The predicted molar refractivity (Wildman–Crippen MR) is 120 cm³/mol. The lowest BCUT2D eigenvalue weighted by Crippen LogP contribution is -2.26. The predicted octanol–water partition coefficient (Wildman–Crippen LogP) is 6.60. The molecule has 0 amide bonds. The van der Waals surface area contributed by atoms with Crippen LogP contribution in [0.3, 0.4) is 0 Å². The Hall–Kier alpha value is -2.54. The molecular weight excluding hydrogens is 529 g/mol. The number of nitrogens with zero attached hydrogens (tertiary/aromatic N) is 4. The van der Waals surface area contributed by atoms with Crippen LogP contribution >= 0.6 is 15.9 Å². The summed E-state index contributed by atoms with van der Waals surface area (Å²) < 4.78 is 78.2. The molecule has 1 N–H and O–H groups in total. The third kappa shape index (κ3) is 5.40. The van der Waals surface area contributed by atoms with Crippen LogP contribution in [0.2, 0.25) is 0 Å². The average Bonchev–Trinajstić information content (AvgIpc) is 3.11. The second-order valence-electron chi connectivity index (χ2n) is 7.47. The second-order valence-corrected chi connectivity index (χ2v) is 8.33. The van der Waals surface area contributed by atoms with Gasteiger partial charge in [0.25, 0.3) is 0 Å². The van der Waals surface area contributed by atoms with Crippen LogP contribution in [0.15, 0.2) is 16.6 Å². The molecule has 0 saturated heterocycles. The monoisotopic (exact) mass is 551 g/mol. The van der Waals surface area contributed by atoms with E-state index in [4.69, 9.17) is 4.74 Å². The van der Waals surface area contributed by atoms with Gasteiger partial charge in [-0.05, 0) is 42.3 Å². The van der Waals surface area contributed by atoms with E-state index in [2.05, 4.69) is 40.9 Å². The summed E-state index contributed by atoms with van der Waals surface area (Å²) in [5.41, 5.74) is 1.33. The van der Waals surface area contributed by atoms with Gasteiger partial charge in [-0.2, -0.15) is 31.9 Å². The van der Waals surface area contributed by atoms with Crippen LogP contribution in [0.25, 0.3) is 11.0 Å². The number of imidazole rings is 1. The fraction of sp³-hybridized carbons (Fsp3) is 0.476. The van der Waals surface area contributed by atoms with Crippen molar-refractivity contribution in [3.63, 3.8) is 0 Å². The smallest absolute Gasteiger partial charge is 0.419 e. The van der Waals surface area contributed by atoms with E-state index in [1.807, 2.05) is 6.92 Å². The first-order chi connectivity index (χ1) is 16.0. The van der Waals surface area contributed by atoms with Crippen LogP contribution < -0.4 is 10.1 Å². The largest absolute Gasteiger partial charge is 0.467 e. The molecule has 3 rings (SSSR count). The van der Waals surface area contributed by atoms with Gasteiger partial charge in [-0.1, -0.05) is 19.4 Å². The van der Waals surface area contributed by atoms with Gasteiger partial charge < -0.3 is 19.4 Å². The number of ether oxygens (including phenoxy) is 2. The Balaban J connectivity index is 2.25. The number of unbranched alkanes of at least 4 members (excludes halogenated alkanes) is 1. The molecule has 0 bridgehead atoms. The molecule has 0 aliphatic carbocycles. The summed E-state index contributed by atoms with van der Waals surface area (Å²) in [6.45, 7) is 2.03. The van der Waals surface area contributed by atoms with E-state index < -0.39 is 24.5 Å². The lowest BCUT2D eigenvalue weighted by molar-refractivity contribution is -0.276. The lowest BCUT2D eigenvalue weighted by Gasteiger charge is -2.22. The minimum atomic E-state index is -5.07. The molecule has 186 valence electrons. The van der Waals surface area contributed by atoms with Crippen LogP contribution in [-0.4, -0.2) is 39.4 Å². The van der Waals surface area contributed by atoms with Gasteiger partial charge in [-0.3, -0.25) is 0 Å². The topological polar surface area (TPSA) is 74.1 Å². The van der Waals surface area contributed by atoms with E-state index in [0.29, 0.717) is 28.0 Å². The molecule has 2 aromatic heterocycles. The molecule has 0 radical (unpaired) electrons. The van der Waals surface area contributed by atoms with E-state index in [0.717, 1.165) is 12.5 Å². The number of rotatable bonds is 9. The Morgan fingerprint density at radius 2 is 1.76 bits per heavy atom. The maximum absolute atomic E-state index is 13.8. The van der Waals surface area contributed by atoms with Crippen LogP contribution in [-0.2, 0) is 11.3 Å². The van der Waals surface area contributed by atoms with E-state index in [1.54, 1.807) is 13.8 Å². The van der Waals surface area contributed by atoms with Gasteiger partial charge in [0, 0.05) is 16.6 Å². The van der Waals surface area contributed by atoms with Gasteiger partial charge in [-0.25, -0.2) is 4.98 Å². The summed E-state index contributed by atoms with van der Waals surface area (Å²) >= 11 is 3.32. The van der Waals surface area contributed by atoms with Gasteiger partial charge in [0.15, 0.2) is 6.10 Å². The highest BCUT2D eigenvalue weighted by molar-refractivity contribution is 9.10. The molecule has 1 unspecified atom stereocenters. The second kappa shape index (κ2) is 10.4. The maximum Gasteiger partial charge on any atom is 0.419 e. The quantitative estimate of drug-likeness (QED) is 0.302. The van der Waals surface area contributed by atoms with Crippen LogP contribution in [0.4, 0.5) is 33.6 Å². The average molecular weight is 552 g/mol. The van der Waals surface area contributed by atoms with Gasteiger partial charge >= 0.3 is 18.8 Å². The molecule has 0 saturated carbocycles. The van der Waals surface area contributed by atoms with Crippen molar-refractivity contribution >= 4 is 38.6 Å². The van der Waals surface area contributed by atoms with Crippen LogP contribution in [0.1, 0.15) is 42.8 Å². The van der Waals surface area contributed by atoms with Crippen molar-refractivity contribution in [2.45, 2.75) is 59.0 Å². The molecular formula is C21H23BrF5N5O2. The van der Waals surface area contributed by atoms with Crippen molar-refractivity contribution in [2.24, 2.45) is 0 Å². The Kier molecular flexibility index (Phi) is 7.96. The first-order valence-electron chi connectivity index (χ1n) is 10.3. The maximum atomic E-state index is 13.8. The minimum absolute atomic E-state index is 0.0398. The van der Waals surface area contributed by atoms with E-state index in [9.17, 15) is 22.0 Å². The molecule has 2 heterocycles. The van der Waals surface area contributed by atoms with Gasteiger partial charge in [-0.15, -0.1) is 0 Å². The third-order valence-corrected chi connectivity index (χ3v) is 5.74. The highest BCUT2D eigenvalue weighted by Gasteiger charge is 2.45. The Morgan fingerprint density at radius 1 is 1.12 bits per heavy atom. The van der Waals surface area contributed by atoms with Crippen molar-refractivity contribution in [3.8, 4) is 6.01 Å². The molecule has 0 aliphatic heterocycles. The highest BCUT2D eigenvalue weighted by atomic mass is 79.9. The number of fused-ring (bicyclic) bond motifs is 1. The van der Waals surface area contributed by atoms with Crippen LogP contribution in [0, 0.1) is 13.8 Å². The van der Waals surface area contributed by atoms with Crippen molar-refractivity contribution in [3.05, 3.63) is 33.6 Å². The fourth-order valence-electron chi connectivity index (χ4n) is 3.57. The lowest BCUT2D eigenvalue weighted by atomic mass is 10.1. The molecule has 1 atom stereocenters. The van der Waals surface area contributed by atoms with Crippen molar-refractivity contribution in [2.75, 3.05) is 12.4 Å². The SMILES string of the molecule is CCCCn1c(Nc2c(C)nc(OC)nc2C)nc2c(Br)ccc(C(OC(F)F)C(F)(F)F)c21. The summed E-state index contributed by atoms with van der Waals surface area (Å²) in [6.07, 6.45) is -6.56. The van der Waals surface area contributed by atoms with Crippen molar-refractivity contribution in [1.82, 2.24) is 19.5 Å². The zero-order chi connectivity index (χ0) is 25.2. The molecule has 13 heteroatoms. The van der Waals surface area contributed by atoms with Crippen LogP contribution in [0.5, 0.6) is 6.01 Å². The molecule has 7 nitrogen and oxygen atoms in total. The molecule has 0 aliphatic rings. The number of methoxy groups -OCH3 is 1. The number of aryl methyl sites for hydroxylation is 3. The molecule has 0 fully saturated rings. The van der Waals surface area contributed by atoms with Crippen molar-refractivity contribution in [1.29, 1.82) is 0 Å². The molecule has 34 heavy (non-hydrogen) atoms. The Bertz CT molecular complexity index is 1150. The van der Waals surface area contributed by atoms with Gasteiger partial charge in [0.2, 0.25) is 5.95 Å². The summed E-state index contributed by atoms with van der Waals surface area (Å²) in [6, 6.07) is 2.62. The van der Waals surface area contributed by atoms with E-state index in [1.165, 1.54) is 17.7 Å².